The molecular formula is C16H19N3. The average Bonchev–Trinajstić information content (AvgIpc) is 2.50. The van der Waals surface area contributed by atoms with Gasteiger partial charge in [0.1, 0.15) is 0 Å². The summed E-state index contributed by atoms with van der Waals surface area (Å²) in [6.45, 7) is 2.14. The van der Waals surface area contributed by atoms with E-state index in [2.05, 4.69) is 45.2 Å². The Bertz CT molecular complexity index is 490. The summed E-state index contributed by atoms with van der Waals surface area (Å²) in [5.74, 6) is 1.67. The minimum Gasteiger partial charge on any atom is -0.341 e. The van der Waals surface area contributed by atoms with Crippen molar-refractivity contribution >= 4 is 5.95 Å². The minimum atomic E-state index is 0.794. The Balaban J connectivity index is 1.55. The topological polar surface area (TPSA) is 29.0 Å². The fourth-order valence-corrected chi connectivity index (χ4v) is 2.74. The van der Waals surface area contributed by atoms with Gasteiger partial charge >= 0.3 is 0 Å². The van der Waals surface area contributed by atoms with Crippen molar-refractivity contribution in [2.75, 3.05) is 18.0 Å². The largest absolute Gasteiger partial charge is 0.341 e. The van der Waals surface area contributed by atoms with E-state index in [1.54, 1.807) is 0 Å². The predicted molar refractivity (Wildman–Crippen MR) is 77.1 cm³/mol. The molecule has 1 aliphatic heterocycles. The number of hydrogen-bond acceptors (Lipinski definition) is 3. The molecular weight excluding hydrogens is 234 g/mol. The standard InChI is InChI=1S/C16H19N3/c1-2-5-14(6-3-1)13-15-7-11-19(12-8-15)16-17-9-4-10-18-16/h1-6,9-10,15H,7-8,11-13H2. The summed E-state index contributed by atoms with van der Waals surface area (Å²) in [6.07, 6.45) is 7.29. The highest BCUT2D eigenvalue weighted by Crippen LogP contribution is 2.23. The van der Waals surface area contributed by atoms with E-state index in [-0.39, 0.29) is 0 Å². The summed E-state index contributed by atoms with van der Waals surface area (Å²) in [7, 11) is 0. The van der Waals surface area contributed by atoms with Crippen molar-refractivity contribution in [2.24, 2.45) is 5.92 Å². The lowest BCUT2D eigenvalue weighted by molar-refractivity contribution is 0.400. The van der Waals surface area contributed by atoms with Gasteiger partial charge in [0.15, 0.2) is 0 Å². The van der Waals surface area contributed by atoms with Gasteiger partial charge < -0.3 is 4.90 Å². The second kappa shape index (κ2) is 5.83. The first-order valence-electron chi connectivity index (χ1n) is 6.98. The highest BCUT2D eigenvalue weighted by molar-refractivity contribution is 5.29. The Morgan fingerprint density at radius 1 is 0.947 bits per heavy atom. The van der Waals surface area contributed by atoms with Gasteiger partial charge in [-0.25, -0.2) is 9.97 Å². The highest BCUT2D eigenvalue weighted by Gasteiger charge is 2.20. The normalized spacial score (nSPS) is 16.5. The molecule has 3 heteroatoms. The molecule has 0 amide bonds. The van der Waals surface area contributed by atoms with Gasteiger partial charge in [0.25, 0.3) is 0 Å². The first-order chi connectivity index (χ1) is 9.42. The molecule has 0 saturated carbocycles. The fraction of sp³-hybridized carbons (Fsp3) is 0.375. The van der Waals surface area contributed by atoms with Crippen LogP contribution in [0.4, 0.5) is 5.95 Å². The minimum absolute atomic E-state index is 0.794. The third-order valence-electron chi connectivity index (χ3n) is 3.82. The summed E-state index contributed by atoms with van der Waals surface area (Å²) in [6, 6.07) is 12.7. The fourth-order valence-electron chi connectivity index (χ4n) is 2.74. The van der Waals surface area contributed by atoms with Crippen molar-refractivity contribution in [3.05, 3.63) is 54.4 Å². The number of rotatable bonds is 3. The first kappa shape index (κ1) is 12.2. The monoisotopic (exact) mass is 253 g/mol. The number of anilines is 1. The van der Waals surface area contributed by atoms with Gasteiger partial charge in [-0.15, -0.1) is 0 Å². The van der Waals surface area contributed by atoms with E-state index in [1.807, 2.05) is 18.5 Å². The maximum Gasteiger partial charge on any atom is 0.225 e. The lowest BCUT2D eigenvalue weighted by Crippen LogP contribution is -2.35. The van der Waals surface area contributed by atoms with Crippen LogP contribution in [0.25, 0.3) is 0 Å². The Morgan fingerprint density at radius 2 is 1.63 bits per heavy atom. The van der Waals surface area contributed by atoms with E-state index in [9.17, 15) is 0 Å². The molecule has 1 saturated heterocycles. The first-order valence-corrected chi connectivity index (χ1v) is 6.98. The lowest BCUT2D eigenvalue weighted by Gasteiger charge is -2.31. The summed E-state index contributed by atoms with van der Waals surface area (Å²) in [5.41, 5.74) is 1.46. The van der Waals surface area contributed by atoms with Gasteiger partial charge in [-0.3, -0.25) is 0 Å². The Morgan fingerprint density at radius 3 is 2.32 bits per heavy atom. The number of piperidine rings is 1. The van der Waals surface area contributed by atoms with Gasteiger partial charge in [-0.1, -0.05) is 30.3 Å². The molecule has 0 atom stereocenters. The third kappa shape index (κ3) is 3.11. The number of nitrogens with zero attached hydrogens (tertiary/aromatic N) is 3. The molecule has 1 aliphatic rings. The van der Waals surface area contributed by atoms with Gasteiger partial charge in [-0.2, -0.15) is 0 Å². The van der Waals surface area contributed by atoms with E-state index in [0.717, 1.165) is 25.0 Å². The second-order valence-electron chi connectivity index (χ2n) is 5.17. The molecule has 0 unspecified atom stereocenters. The van der Waals surface area contributed by atoms with E-state index >= 15 is 0 Å². The van der Waals surface area contributed by atoms with Crippen LogP contribution in [0, 0.1) is 5.92 Å². The molecule has 1 aromatic heterocycles. The van der Waals surface area contributed by atoms with Crippen LogP contribution in [0.15, 0.2) is 48.8 Å². The zero-order valence-corrected chi connectivity index (χ0v) is 11.1. The number of hydrogen-bond donors (Lipinski definition) is 0. The molecule has 1 aromatic carbocycles. The maximum atomic E-state index is 4.33. The van der Waals surface area contributed by atoms with Crippen molar-refractivity contribution in [1.29, 1.82) is 0 Å². The summed E-state index contributed by atoms with van der Waals surface area (Å²) < 4.78 is 0. The molecule has 2 aromatic rings. The summed E-state index contributed by atoms with van der Waals surface area (Å²) in [4.78, 5) is 10.9. The molecule has 2 heterocycles. The highest BCUT2D eigenvalue weighted by atomic mass is 15.2. The van der Waals surface area contributed by atoms with Crippen LogP contribution >= 0.6 is 0 Å². The van der Waals surface area contributed by atoms with Crippen LogP contribution in [-0.4, -0.2) is 23.1 Å². The van der Waals surface area contributed by atoms with Gasteiger partial charge in [0.2, 0.25) is 5.95 Å². The van der Waals surface area contributed by atoms with Gasteiger partial charge in [0.05, 0.1) is 0 Å². The van der Waals surface area contributed by atoms with E-state index in [1.165, 1.54) is 24.8 Å². The van der Waals surface area contributed by atoms with Gasteiger partial charge in [0, 0.05) is 25.5 Å². The zero-order chi connectivity index (χ0) is 12.9. The molecule has 0 spiro atoms. The maximum absolute atomic E-state index is 4.33. The average molecular weight is 253 g/mol. The van der Waals surface area contributed by atoms with Crippen molar-refractivity contribution in [1.82, 2.24) is 9.97 Å². The van der Waals surface area contributed by atoms with Crippen LogP contribution in [0.2, 0.25) is 0 Å². The van der Waals surface area contributed by atoms with E-state index in [4.69, 9.17) is 0 Å². The van der Waals surface area contributed by atoms with Crippen molar-refractivity contribution in [3.63, 3.8) is 0 Å². The lowest BCUT2D eigenvalue weighted by atomic mass is 9.90. The van der Waals surface area contributed by atoms with Crippen molar-refractivity contribution < 1.29 is 0 Å². The van der Waals surface area contributed by atoms with Crippen LogP contribution < -0.4 is 4.90 Å². The Kier molecular flexibility index (Phi) is 3.73. The SMILES string of the molecule is c1ccc(CC2CCN(c3ncccn3)CC2)cc1. The number of aromatic nitrogens is 2. The van der Waals surface area contributed by atoms with Crippen LogP contribution in [0.5, 0.6) is 0 Å². The van der Waals surface area contributed by atoms with Gasteiger partial charge in [-0.05, 0) is 36.8 Å². The smallest absolute Gasteiger partial charge is 0.225 e. The molecule has 0 bridgehead atoms. The van der Waals surface area contributed by atoms with E-state index in [0.29, 0.717) is 0 Å². The molecule has 1 fully saturated rings. The van der Waals surface area contributed by atoms with Crippen LogP contribution in [0.1, 0.15) is 18.4 Å². The molecule has 0 N–H and O–H groups in total. The molecule has 3 nitrogen and oxygen atoms in total. The van der Waals surface area contributed by atoms with E-state index < -0.39 is 0 Å². The molecule has 98 valence electrons. The Labute approximate surface area is 114 Å². The third-order valence-corrected chi connectivity index (χ3v) is 3.82. The predicted octanol–water partition coefficient (Wildman–Crippen LogP) is 2.94. The van der Waals surface area contributed by atoms with Crippen molar-refractivity contribution in [2.45, 2.75) is 19.3 Å². The molecule has 0 aliphatic carbocycles. The van der Waals surface area contributed by atoms with Crippen LogP contribution in [0.3, 0.4) is 0 Å². The van der Waals surface area contributed by atoms with Crippen molar-refractivity contribution in [3.8, 4) is 0 Å². The Hall–Kier alpha value is -1.90. The summed E-state index contributed by atoms with van der Waals surface area (Å²) >= 11 is 0. The zero-order valence-electron chi connectivity index (χ0n) is 11.1. The molecule has 3 rings (SSSR count). The number of benzene rings is 1. The summed E-state index contributed by atoms with van der Waals surface area (Å²) in [5, 5.41) is 0. The quantitative estimate of drug-likeness (QED) is 0.842. The van der Waals surface area contributed by atoms with Crippen LogP contribution in [-0.2, 0) is 6.42 Å². The molecule has 19 heavy (non-hydrogen) atoms. The second-order valence-corrected chi connectivity index (χ2v) is 5.17. The molecule has 0 radical (unpaired) electrons.